The fraction of sp³-hybridized carbons (Fsp3) is 0.538. The number of methoxy groups -OCH3 is 2. The number of benzene rings is 1. The Morgan fingerprint density at radius 1 is 1.22 bits per heavy atom. The quantitative estimate of drug-likeness (QED) is 0.778. The molecular weight excluding hydrogens is 273 g/mol. The van der Waals surface area contributed by atoms with Crippen molar-refractivity contribution in [2.24, 2.45) is 0 Å². The number of hydrogen-bond acceptors (Lipinski definition) is 3. The van der Waals surface area contributed by atoms with Gasteiger partial charge in [-0.1, -0.05) is 36.2 Å². The molecule has 1 unspecified atom stereocenters. The lowest BCUT2D eigenvalue weighted by Gasteiger charge is -2.22. The smallest absolute Gasteiger partial charge is 0.169 e. The Labute approximate surface area is 118 Å². The largest absolute Gasteiger partial charge is 0.355 e. The van der Waals surface area contributed by atoms with E-state index in [1.807, 2.05) is 12.1 Å². The van der Waals surface area contributed by atoms with Gasteiger partial charge in [0.2, 0.25) is 0 Å². The molecule has 18 heavy (non-hydrogen) atoms. The van der Waals surface area contributed by atoms with Crippen molar-refractivity contribution in [3.05, 3.63) is 33.8 Å². The molecule has 0 heterocycles. The minimum absolute atomic E-state index is 0.155. The minimum atomic E-state index is -0.259. The predicted molar refractivity (Wildman–Crippen MR) is 75.3 cm³/mol. The maximum Gasteiger partial charge on any atom is 0.169 e. The number of nitrogens with one attached hydrogen (secondary N) is 1. The third-order valence-corrected chi connectivity index (χ3v) is 3.37. The Hall–Kier alpha value is -0.320. The molecule has 1 rings (SSSR count). The summed E-state index contributed by atoms with van der Waals surface area (Å²) in [6, 6.07) is 5.70. The first-order valence-electron chi connectivity index (χ1n) is 5.86. The van der Waals surface area contributed by atoms with E-state index in [4.69, 9.17) is 32.7 Å². The van der Waals surface area contributed by atoms with Crippen LogP contribution in [0.1, 0.15) is 24.9 Å². The van der Waals surface area contributed by atoms with Crippen LogP contribution in [-0.4, -0.2) is 27.1 Å². The van der Waals surface area contributed by atoms with E-state index in [0.29, 0.717) is 16.6 Å². The highest BCUT2D eigenvalue weighted by atomic mass is 35.5. The monoisotopic (exact) mass is 291 g/mol. The van der Waals surface area contributed by atoms with Gasteiger partial charge in [0.15, 0.2) is 6.29 Å². The Morgan fingerprint density at radius 2 is 1.89 bits per heavy atom. The topological polar surface area (TPSA) is 30.5 Å². The van der Waals surface area contributed by atoms with Gasteiger partial charge in [0, 0.05) is 36.9 Å². The summed E-state index contributed by atoms with van der Waals surface area (Å²) in [5.74, 6) is 0. The fourth-order valence-electron chi connectivity index (χ4n) is 1.76. The van der Waals surface area contributed by atoms with Gasteiger partial charge in [-0.15, -0.1) is 0 Å². The lowest BCUT2D eigenvalue weighted by molar-refractivity contribution is -0.0999. The molecule has 0 spiro atoms. The molecule has 1 aromatic rings. The van der Waals surface area contributed by atoms with Crippen LogP contribution < -0.4 is 5.32 Å². The molecule has 102 valence electrons. The van der Waals surface area contributed by atoms with Gasteiger partial charge in [-0.05, 0) is 24.1 Å². The van der Waals surface area contributed by atoms with E-state index in [1.54, 1.807) is 20.3 Å². The van der Waals surface area contributed by atoms with Crippen LogP contribution in [0.3, 0.4) is 0 Å². The van der Waals surface area contributed by atoms with Gasteiger partial charge in [-0.25, -0.2) is 0 Å². The highest BCUT2D eigenvalue weighted by molar-refractivity contribution is 6.35. The zero-order valence-corrected chi connectivity index (χ0v) is 12.4. The summed E-state index contributed by atoms with van der Waals surface area (Å²) < 4.78 is 10.3. The lowest BCUT2D eigenvalue weighted by atomic mass is 10.0. The molecule has 0 aromatic heterocycles. The van der Waals surface area contributed by atoms with E-state index < -0.39 is 0 Å². The second kappa shape index (κ2) is 7.97. The molecule has 1 atom stereocenters. The van der Waals surface area contributed by atoms with E-state index >= 15 is 0 Å². The van der Waals surface area contributed by atoms with Crippen molar-refractivity contribution in [2.45, 2.75) is 25.7 Å². The van der Waals surface area contributed by atoms with Crippen molar-refractivity contribution >= 4 is 23.2 Å². The average Bonchev–Trinajstić information content (AvgIpc) is 2.36. The van der Waals surface area contributed by atoms with Gasteiger partial charge in [-0.3, -0.25) is 0 Å². The van der Waals surface area contributed by atoms with Crippen molar-refractivity contribution < 1.29 is 9.47 Å². The van der Waals surface area contributed by atoms with Crippen molar-refractivity contribution in [3.63, 3.8) is 0 Å². The molecule has 0 amide bonds. The highest BCUT2D eigenvalue weighted by Crippen LogP contribution is 2.27. The van der Waals surface area contributed by atoms with E-state index in [9.17, 15) is 0 Å². The van der Waals surface area contributed by atoms with E-state index in [1.165, 1.54) is 0 Å². The third kappa shape index (κ3) is 4.41. The van der Waals surface area contributed by atoms with E-state index in [0.717, 1.165) is 12.0 Å². The van der Waals surface area contributed by atoms with Crippen LogP contribution in [-0.2, 0) is 9.47 Å². The highest BCUT2D eigenvalue weighted by Gasteiger charge is 2.15. The molecule has 0 fully saturated rings. The summed E-state index contributed by atoms with van der Waals surface area (Å²) in [4.78, 5) is 0. The summed E-state index contributed by atoms with van der Waals surface area (Å²) in [6.07, 6.45) is 0.659. The second-order valence-electron chi connectivity index (χ2n) is 3.94. The van der Waals surface area contributed by atoms with Gasteiger partial charge in [0.05, 0.1) is 0 Å². The molecule has 1 aromatic carbocycles. The van der Waals surface area contributed by atoms with Crippen LogP contribution >= 0.6 is 23.2 Å². The summed E-state index contributed by atoms with van der Waals surface area (Å²) in [6.45, 7) is 2.70. The normalized spacial score (nSPS) is 13.0. The molecule has 0 radical (unpaired) electrons. The first kappa shape index (κ1) is 15.7. The summed E-state index contributed by atoms with van der Waals surface area (Å²) in [5, 5.41) is 4.69. The zero-order valence-electron chi connectivity index (χ0n) is 10.9. The Balaban J connectivity index is 2.71. The van der Waals surface area contributed by atoms with Crippen molar-refractivity contribution in [2.75, 3.05) is 20.8 Å². The summed E-state index contributed by atoms with van der Waals surface area (Å²) in [5.41, 5.74) is 1.04. The maximum absolute atomic E-state index is 6.20. The Morgan fingerprint density at radius 3 is 2.39 bits per heavy atom. The Bertz CT molecular complexity index is 370. The van der Waals surface area contributed by atoms with E-state index in [-0.39, 0.29) is 12.3 Å². The van der Waals surface area contributed by atoms with Crippen molar-refractivity contribution in [1.29, 1.82) is 0 Å². The van der Waals surface area contributed by atoms with Gasteiger partial charge in [0.25, 0.3) is 0 Å². The zero-order chi connectivity index (χ0) is 13.5. The molecule has 0 aliphatic rings. The summed E-state index contributed by atoms with van der Waals surface area (Å²) in [7, 11) is 3.23. The number of hydrogen-bond donors (Lipinski definition) is 1. The van der Waals surface area contributed by atoms with Crippen LogP contribution in [0, 0.1) is 0 Å². The number of ether oxygens (including phenoxy) is 2. The molecule has 0 saturated heterocycles. The van der Waals surface area contributed by atoms with Crippen molar-refractivity contribution in [1.82, 2.24) is 5.32 Å². The SMILES string of the molecule is CCC(NCC(OC)OC)c1ccc(Cl)cc1Cl. The molecule has 3 nitrogen and oxygen atoms in total. The molecule has 5 heteroatoms. The number of halogens is 2. The predicted octanol–water partition coefficient (Wildman–Crippen LogP) is 3.65. The minimum Gasteiger partial charge on any atom is -0.355 e. The molecule has 0 aliphatic heterocycles. The number of rotatable bonds is 7. The molecule has 0 aliphatic carbocycles. The first-order chi connectivity index (χ1) is 8.62. The van der Waals surface area contributed by atoms with Crippen LogP contribution in [0.2, 0.25) is 10.0 Å². The van der Waals surface area contributed by atoms with Crippen LogP contribution in [0.25, 0.3) is 0 Å². The van der Waals surface area contributed by atoms with Crippen LogP contribution in [0.4, 0.5) is 0 Å². The Kier molecular flexibility index (Phi) is 6.97. The maximum atomic E-state index is 6.20. The van der Waals surface area contributed by atoms with Crippen LogP contribution in [0.15, 0.2) is 18.2 Å². The van der Waals surface area contributed by atoms with Crippen LogP contribution in [0.5, 0.6) is 0 Å². The third-order valence-electron chi connectivity index (χ3n) is 2.80. The average molecular weight is 292 g/mol. The second-order valence-corrected chi connectivity index (χ2v) is 4.78. The fourth-order valence-corrected chi connectivity index (χ4v) is 2.30. The molecule has 1 N–H and O–H groups in total. The standard InChI is InChI=1S/C13H19Cl2NO2/c1-4-12(16-8-13(17-2)18-3)10-6-5-9(14)7-11(10)15/h5-7,12-13,16H,4,8H2,1-3H3. The van der Waals surface area contributed by atoms with Crippen molar-refractivity contribution in [3.8, 4) is 0 Å². The summed E-state index contributed by atoms with van der Waals surface area (Å²) >= 11 is 12.1. The van der Waals surface area contributed by atoms with Gasteiger partial charge in [0.1, 0.15) is 0 Å². The first-order valence-corrected chi connectivity index (χ1v) is 6.61. The lowest BCUT2D eigenvalue weighted by Crippen LogP contribution is -2.32. The molecule has 0 bridgehead atoms. The van der Waals surface area contributed by atoms with Gasteiger partial charge < -0.3 is 14.8 Å². The van der Waals surface area contributed by atoms with E-state index in [2.05, 4.69) is 12.2 Å². The molecular formula is C13H19Cl2NO2. The van der Waals surface area contributed by atoms with Gasteiger partial charge >= 0.3 is 0 Å². The molecule has 0 saturated carbocycles. The van der Waals surface area contributed by atoms with Gasteiger partial charge in [-0.2, -0.15) is 0 Å².